The lowest BCUT2D eigenvalue weighted by atomic mass is 9.95. The van der Waals surface area contributed by atoms with Crippen LogP contribution in [0.5, 0.6) is 11.5 Å². The minimum atomic E-state index is -3.82. The van der Waals surface area contributed by atoms with E-state index in [0.29, 0.717) is 24.8 Å². The van der Waals surface area contributed by atoms with Crippen LogP contribution in [0.3, 0.4) is 0 Å². The third-order valence-electron chi connectivity index (χ3n) is 4.47. The van der Waals surface area contributed by atoms with Crippen molar-refractivity contribution in [1.82, 2.24) is 4.67 Å². The van der Waals surface area contributed by atoms with Crippen molar-refractivity contribution in [2.45, 2.75) is 18.2 Å². The molecular formula is C18H25Br2N2O4P. The van der Waals surface area contributed by atoms with Crippen molar-refractivity contribution >= 4 is 50.3 Å². The summed E-state index contributed by atoms with van der Waals surface area (Å²) in [5.41, 5.74) is 7.45. The maximum Gasteiger partial charge on any atom is 0.338 e. The maximum atomic E-state index is 11.9. The summed E-state index contributed by atoms with van der Waals surface area (Å²) in [5.74, 6) is 1.60. The maximum absolute atomic E-state index is 11.9. The first-order chi connectivity index (χ1) is 12.7. The second kappa shape index (κ2) is 9.72. The highest BCUT2D eigenvalue weighted by molar-refractivity contribution is 9.09. The van der Waals surface area contributed by atoms with Gasteiger partial charge >= 0.3 is 7.67 Å². The van der Waals surface area contributed by atoms with Gasteiger partial charge in [-0.2, -0.15) is 0 Å². The van der Waals surface area contributed by atoms with Crippen LogP contribution in [0.25, 0.3) is 10.8 Å². The highest BCUT2D eigenvalue weighted by Gasteiger charge is 2.27. The van der Waals surface area contributed by atoms with E-state index in [4.69, 9.17) is 15.0 Å². The molecule has 0 radical (unpaired) electrons. The smallest absolute Gasteiger partial charge is 0.338 e. The molecule has 0 heterocycles. The summed E-state index contributed by atoms with van der Waals surface area (Å²) in [6.45, 7) is 2.70. The van der Waals surface area contributed by atoms with Gasteiger partial charge in [0.15, 0.2) is 0 Å². The fourth-order valence-electron chi connectivity index (χ4n) is 3.26. The van der Waals surface area contributed by atoms with E-state index in [9.17, 15) is 9.46 Å². The number of benzene rings is 2. The Bertz CT molecular complexity index is 844. The minimum absolute atomic E-state index is 0.0981. The molecule has 2 rings (SSSR count). The second-order valence-corrected chi connectivity index (χ2v) is 10.0. The number of hydrogen-bond acceptors (Lipinski definition) is 3. The number of ether oxygens (including phenoxy) is 2. The molecule has 0 aromatic heterocycles. The Balaban J connectivity index is 2.43. The number of alkyl halides is 2. The zero-order chi connectivity index (χ0) is 20.2. The molecule has 0 fully saturated rings. The molecule has 2 aromatic carbocycles. The molecule has 2 aromatic rings. The highest BCUT2D eigenvalue weighted by Crippen LogP contribution is 2.42. The van der Waals surface area contributed by atoms with Gasteiger partial charge in [-0.05, 0) is 18.9 Å². The van der Waals surface area contributed by atoms with Crippen LogP contribution in [0.15, 0.2) is 24.3 Å². The van der Waals surface area contributed by atoms with E-state index in [0.717, 1.165) is 33.4 Å². The fraction of sp³-hybridized carbons (Fsp3) is 0.444. The second-order valence-electron chi connectivity index (χ2n) is 6.21. The number of rotatable bonds is 9. The minimum Gasteiger partial charge on any atom is -0.496 e. The monoisotopic (exact) mass is 522 g/mol. The standard InChI is InChI=1S/C18H25Br2N2O4P/c1-12-16(10-13(20)11-22(9-8-19)27(21,23)24)18(26-3)15-7-5-4-6-14(15)17(12)25-2/h4-7,13H,8-11H2,1-3H3,(H3,21,23,24). The summed E-state index contributed by atoms with van der Waals surface area (Å²) in [6, 6.07) is 7.94. The largest absolute Gasteiger partial charge is 0.496 e. The summed E-state index contributed by atoms with van der Waals surface area (Å²) in [7, 11) is -0.509. The van der Waals surface area contributed by atoms with Crippen LogP contribution in [0.4, 0.5) is 0 Å². The molecule has 0 amide bonds. The summed E-state index contributed by atoms with van der Waals surface area (Å²) < 4.78 is 24.7. The molecule has 0 aliphatic rings. The molecule has 0 bridgehead atoms. The van der Waals surface area contributed by atoms with Gasteiger partial charge in [-0.3, -0.25) is 4.57 Å². The van der Waals surface area contributed by atoms with Crippen LogP contribution in [0.2, 0.25) is 0 Å². The van der Waals surface area contributed by atoms with Gasteiger partial charge in [0, 0.05) is 39.6 Å². The molecule has 0 spiro atoms. The Morgan fingerprint density at radius 2 is 1.78 bits per heavy atom. The van der Waals surface area contributed by atoms with E-state index in [1.165, 1.54) is 4.67 Å². The molecule has 9 heteroatoms. The predicted molar refractivity (Wildman–Crippen MR) is 118 cm³/mol. The summed E-state index contributed by atoms with van der Waals surface area (Å²) in [6.07, 6.45) is 0.592. The third-order valence-corrected chi connectivity index (χ3v) is 6.62. The number of nitrogens with two attached hydrogens (primary N) is 1. The Morgan fingerprint density at radius 1 is 1.22 bits per heavy atom. The van der Waals surface area contributed by atoms with Crippen molar-refractivity contribution < 1.29 is 18.9 Å². The van der Waals surface area contributed by atoms with Gasteiger partial charge in [0.05, 0.1) is 14.2 Å². The summed E-state index contributed by atoms with van der Waals surface area (Å²) in [5, 5.41) is 2.52. The van der Waals surface area contributed by atoms with E-state index in [1.54, 1.807) is 14.2 Å². The van der Waals surface area contributed by atoms with Crippen LogP contribution in [0.1, 0.15) is 11.1 Å². The molecule has 0 saturated carbocycles. The van der Waals surface area contributed by atoms with E-state index < -0.39 is 7.67 Å². The van der Waals surface area contributed by atoms with E-state index >= 15 is 0 Å². The average molecular weight is 524 g/mol. The lowest BCUT2D eigenvalue weighted by molar-refractivity contribution is 0.356. The number of halogens is 2. The first kappa shape index (κ1) is 22.7. The van der Waals surface area contributed by atoms with E-state index in [2.05, 4.69) is 31.9 Å². The normalized spacial score (nSPS) is 15.0. The molecule has 6 nitrogen and oxygen atoms in total. The van der Waals surface area contributed by atoms with Crippen molar-refractivity contribution in [1.29, 1.82) is 0 Å². The molecule has 2 atom stereocenters. The van der Waals surface area contributed by atoms with Crippen molar-refractivity contribution in [2.24, 2.45) is 5.50 Å². The van der Waals surface area contributed by atoms with E-state index in [1.807, 2.05) is 31.2 Å². The van der Waals surface area contributed by atoms with Gasteiger partial charge in [-0.1, -0.05) is 56.1 Å². The van der Waals surface area contributed by atoms with Gasteiger partial charge in [0.25, 0.3) is 0 Å². The molecule has 150 valence electrons. The number of fused-ring (bicyclic) bond motifs is 1. The van der Waals surface area contributed by atoms with Gasteiger partial charge in [-0.15, -0.1) is 0 Å². The number of methoxy groups -OCH3 is 2. The van der Waals surface area contributed by atoms with Gasteiger partial charge in [-0.25, -0.2) is 10.2 Å². The third kappa shape index (κ3) is 5.25. The van der Waals surface area contributed by atoms with Crippen LogP contribution in [-0.4, -0.2) is 47.0 Å². The topological polar surface area (TPSA) is 85.0 Å². The molecular weight excluding hydrogens is 499 g/mol. The molecule has 0 aliphatic carbocycles. The molecule has 3 N–H and O–H groups in total. The first-order valence-electron chi connectivity index (χ1n) is 8.43. The number of hydrogen-bond donors (Lipinski definition) is 2. The van der Waals surface area contributed by atoms with Crippen molar-refractivity contribution in [3.05, 3.63) is 35.4 Å². The molecule has 2 unspecified atom stereocenters. The molecule has 0 saturated heterocycles. The first-order valence-corrected chi connectivity index (χ1v) is 12.1. The van der Waals surface area contributed by atoms with Crippen LogP contribution >= 0.6 is 39.5 Å². The Morgan fingerprint density at radius 3 is 2.26 bits per heavy atom. The quantitative estimate of drug-likeness (QED) is 0.378. The lowest BCUT2D eigenvalue weighted by Crippen LogP contribution is -2.32. The van der Waals surface area contributed by atoms with Gasteiger partial charge in [0.1, 0.15) is 11.5 Å². The van der Waals surface area contributed by atoms with Gasteiger partial charge < -0.3 is 14.4 Å². The van der Waals surface area contributed by atoms with Crippen molar-refractivity contribution in [3.63, 3.8) is 0 Å². The Kier molecular flexibility index (Phi) is 8.16. The predicted octanol–water partition coefficient (Wildman–Crippen LogP) is 4.23. The Hall–Kier alpha value is -0.630. The molecule has 27 heavy (non-hydrogen) atoms. The average Bonchev–Trinajstić information content (AvgIpc) is 2.61. The zero-order valence-corrected chi connectivity index (χ0v) is 19.7. The van der Waals surface area contributed by atoms with Gasteiger partial charge in [0.2, 0.25) is 0 Å². The lowest BCUT2D eigenvalue weighted by Gasteiger charge is -2.27. The number of nitrogens with zero attached hydrogens (tertiary/aromatic N) is 1. The fourth-order valence-corrected chi connectivity index (χ4v) is 5.67. The van der Waals surface area contributed by atoms with E-state index in [-0.39, 0.29) is 4.83 Å². The van der Waals surface area contributed by atoms with Crippen LogP contribution in [-0.2, 0) is 11.0 Å². The SMILES string of the molecule is COc1c(C)c(CC(Br)CN(CCBr)P(N)(=O)O)c(OC)c2ccccc12. The van der Waals surface area contributed by atoms with Crippen LogP contribution < -0.4 is 15.0 Å². The summed E-state index contributed by atoms with van der Waals surface area (Å²) >= 11 is 6.94. The van der Waals surface area contributed by atoms with Crippen molar-refractivity contribution in [2.75, 3.05) is 32.6 Å². The van der Waals surface area contributed by atoms with Crippen molar-refractivity contribution in [3.8, 4) is 11.5 Å². The van der Waals surface area contributed by atoms with Crippen LogP contribution in [0, 0.1) is 6.92 Å². The zero-order valence-electron chi connectivity index (χ0n) is 15.6. The Labute approximate surface area is 176 Å². The molecule has 0 aliphatic heterocycles. The summed E-state index contributed by atoms with van der Waals surface area (Å²) in [4.78, 5) is 9.68. The highest BCUT2D eigenvalue weighted by atomic mass is 79.9.